The Morgan fingerprint density at radius 2 is 2.10 bits per heavy atom. The zero-order chi connectivity index (χ0) is 13.9. The molecule has 2 nitrogen and oxygen atoms in total. The number of hydrogen-bond donors (Lipinski definition) is 1. The Hall–Kier alpha value is -0.670. The van der Waals surface area contributed by atoms with Crippen molar-refractivity contribution in [1.82, 2.24) is 0 Å². The summed E-state index contributed by atoms with van der Waals surface area (Å²) in [5.74, 6) is 2.04. The third kappa shape index (κ3) is 2.58. The highest BCUT2D eigenvalue weighted by Crippen LogP contribution is 2.41. The third-order valence-electron chi connectivity index (χ3n) is 4.93. The first-order chi connectivity index (χ1) is 9.85. The maximum absolute atomic E-state index is 6.08. The standard InChI is InChI=1S/C17H26N2S/c1-2-20-17-9-5-8-16(14(17)12-18)19-11-10-13-6-3-4-7-15(13)19/h5,8-9,13,15H,2-4,6-7,10-12,18H2,1H3. The van der Waals surface area contributed by atoms with E-state index in [-0.39, 0.29) is 0 Å². The summed E-state index contributed by atoms with van der Waals surface area (Å²) in [5.41, 5.74) is 8.86. The van der Waals surface area contributed by atoms with Gasteiger partial charge in [-0.25, -0.2) is 0 Å². The molecule has 0 amide bonds. The SMILES string of the molecule is CCSc1cccc(N2CCC3CCCCC32)c1CN. The molecule has 1 saturated carbocycles. The first kappa shape index (κ1) is 14.3. The Kier molecular flexibility index (Phi) is 4.57. The molecule has 3 heteroatoms. The molecule has 0 radical (unpaired) electrons. The monoisotopic (exact) mass is 290 g/mol. The van der Waals surface area contributed by atoms with Gasteiger partial charge in [0.1, 0.15) is 0 Å². The molecular formula is C17H26N2S. The van der Waals surface area contributed by atoms with Crippen molar-refractivity contribution in [2.24, 2.45) is 11.7 Å². The van der Waals surface area contributed by atoms with E-state index in [1.54, 1.807) is 0 Å². The van der Waals surface area contributed by atoms with Crippen molar-refractivity contribution >= 4 is 17.4 Å². The lowest BCUT2D eigenvalue weighted by atomic mass is 9.85. The van der Waals surface area contributed by atoms with Gasteiger partial charge < -0.3 is 10.6 Å². The van der Waals surface area contributed by atoms with Crippen LogP contribution in [0.25, 0.3) is 0 Å². The van der Waals surface area contributed by atoms with E-state index in [1.165, 1.54) is 54.8 Å². The zero-order valence-corrected chi connectivity index (χ0v) is 13.3. The predicted molar refractivity (Wildman–Crippen MR) is 88.4 cm³/mol. The molecule has 2 N–H and O–H groups in total. The lowest BCUT2D eigenvalue weighted by Gasteiger charge is -2.34. The van der Waals surface area contributed by atoms with Gasteiger partial charge in [0.25, 0.3) is 0 Å². The summed E-state index contributed by atoms with van der Waals surface area (Å²) >= 11 is 1.92. The van der Waals surface area contributed by atoms with Gasteiger partial charge in [-0.15, -0.1) is 11.8 Å². The molecule has 1 aromatic rings. The quantitative estimate of drug-likeness (QED) is 0.849. The summed E-state index contributed by atoms with van der Waals surface area (Å²) in [6.45, 7) is 4.10. The second kappa shape index (κ2) is 6.40. The second-order valence-corrected chi connectivity index (χ2v) is 7.29. The summed E-state index contributed by atoms with van der Waals surface area (Å²) in [4.78, 5) is 4.05. The van der Waals surface area contributed by atoms with E-state index in [1.807, 2.05) is 11.8 Å². The number of fused-ring (bicyclic) bond motifs is 1. The lowest BCUT2D eigenvalue weighted by molar-refractivity contribution is 0.342. The molecule has 1 aromatic carbocycles. The molecule has 0 aromatic heterocycles. The Morgan fingerprint density at radius 1 is 1.25 bits per heavy atom. The maximum Gasteiger partial charge on any atom is 0.0425 e. The summed E-state index contributed by atoms with van der Waals surface area (Å²) in [7, 11) is 0. The molecular weight excluding hydrogens is 264 g/mol. The van der Waals surface area contributed by atoms with Crippen LogP contribution >= 0.6 is 11.8 Å². The highest BCUT2D eigenvalue weighted by Gasteiger charge is 2.36. The van der Waals surface area contributed by atoms with Crippen molar-refractivity contribution in [3.63, 3.8) is 0 Å². The average molecular weight is 290 g/mol. The van der Waals surface area contributed by atoms with E-state index < -0.39 is 0 Å². The van der Waals surface area contributed by atoms with Crippen LogP contribution in [0.3, 0.4) is 0 Å². The van der Waals surface area contributed by atoms with E-state index in [0.29, 0.717) is 6.54 Å². The number of anilines is 1. The van der Waals surface area contributed by atoms with Crippen LogP contribution in [0.1, 0.15) is 44.6 Å². The first-order valence-electron chi connectivity index (χ1n) is 8.06. The number of rotatable bonds is 4. The van der Waals surface area contributed by atoms with Crippen LogP contribution in [0.15, 0.2) is 23.1 Å². The first-order valence-corrected chi connectivity index (χ1v) is 9.05. The van der Waals surface area contributed by atoms with E-state index in [2.05, 4.69) is 30.0 Å². The van der Waals surface area contributed by atoms with Gasteiger partial charge in [-0.2, -0.15) is 0 Å². The summed E-state index contributed by atoms with van der Waals surface area (Å²) in [5, 5.41) is 0. The van der Waals surface area contributed by atoms with Crippen molar-refractivity contribution < 1.29 is 0 Å². The molecule has 2 atom stereocenters. The van der Waals surface area contributed by atoms with Crippen molar-refractivity contribution in [2.75, 3.05) is 17.2 Å². The summed E-state index contributed by atoms with van der Waals surface area (Å²) in [6.07, 6.45) is 7.02. The minimum Gasteiger partial charge on any atom is -0.368 e. The number of hydrogen-bond acceptors (Lipinski definition) is 3. The maximum atomic E-state index is 6.08. The van der Waals surface area contributed by atoms with Gasteiger partial charge in [-0.1, -0.05) is 25.8 Å². The van der Waals surface area contributed by atoms with Gasteiger partial charge in [-0.3, -0.25) is 0 Å². The molecule has 0 bridgehead atoms. The second-order valence-electron chi connectivity index (χ2n) is 5.98. The topological polar surface area (TPSA) is 29.3 Å². The Bertz CT molecular complexity index is 460. The largest absolute Gasteiger partial charge is 0.368 e. The summed E-state index contributed by atoms with van der Waals surface area (Å²) in [6, 6.07) is 7.51. The van der Waals surface area contributed by atoms with Crippen LogP contribution in [0.2, 0.25) is 0 Å². The third-order valence-corrected chi connectivity index (χ3v) is 5.91. The molecule has 110 valence electrons. The molecule has 20 heavy (non-hydrogen) atoms. The molecule has 0 spiro atoms. The van der Waals surface area contributed by atoms with E-state index in [4.69, 9.17) is 5.73 Å². The van der Waals surface area contributed by atoms with Crippen molar-refractivity contribution in [1.29, 1.82) is 0 Å². The normalized spacial score (nSPS) is 25.8. The molecule has 1 aliphatic carbocycles. The van der Waals surface area contributed by atoms with Crippen molar-refractivity contribution in [3.8, 4) is 0 Å². The fraction of sp³-hybridized carbons (Fsp3) is 0.647. The molecule has 2 aliphatic rings. The van der Waals surface area contributed by atoms with Crippen LogP contribution in [-0.4, -0.2) is 18.3 Å². The van der Waals surface area contributed by atoms with Gasteiger partial charge >= 0.3 is 0 Å². The van der Waals surface area contributed by atoms with Crippen LogP contribution < -0.4 is 10.6 Å². The number of nitrogens with zero attached hydrogens (tertiary/aromatic N) is 1. The fourth-order valence-electron chi connectivity index (χ4n) is 4.02. The van der Waals surface area contributed by atoms with Crippen LogP contribution in [-0.2, 0) is 6.54 Å². The highest BCUT2D eigenvalue weighted by atomic mass is 32.2. The Balaban J connectivity index is 1.91. The Morgan fingerprint density at radius 3 is 2.90 bits per heavy atom. The fourth-order valence-corrected chi connectivity index (χ4v) is 4.87. The van der Waals surface area contributed by atoms with E-state index >= 15 is 0 Å². The van der Waals surface area contributed by atoms with E-state index in [0.717, 1.165) is 17.7 Å². The molecule has 1 saturated heterocycles. The predicted octanol–water partition coefficient (Wildman–Crippen LogP) is 4.03. The lowest BCUT2D eigenvalue weighted by Crippen LogP contribution is -2.35. The molecule has 2 fully saturated rings. The van der Waals surface area contributed by atoms with Crippen LogP contribution in [0.4, 0.5) is 5.69 Å². The smallest absolute Gasteiger partial charge is 0.0425 e. The van der Waals surface area contributed by atoms with Crippen LogP contribution in [0, 0.1) is 5.92 Å². The van der Waals surface area contributed by atoms with Gasteiger partial charge in [-0.05, 0) is 43.1 Å². The number of benzene rings is 1. The Labute approximate surface area is 127 Å². The minimum absolute atomic E-state index is 0.659. The highest BCUT2D eigenvalue weighted by molar-refractivity contribution is 7.99. The van der Waals surface area contributed by atoms with Gasteiger partial charge in [0.15, 0.2) is 0 Å². The van der Waals surface area contributed by atoms with Gasteiger partial charge in [0.05, 0.1) is 0 Å². The van der Waals surface area contributed by atoms with Crippen molar-refractivity contribution in [3.05, 3.63) is 23.8 Å². The number of thioether (sulfide) groups is 1. The van der Waals surface area contributed by atoms with Gasteiger partial charge in [0.2, 0.25) is 0 Å². The molecule has 1 heterocycles. The molecule has 2 unspecified atom stereocenters. The van der Waals surface area contributed by atoms with Crippen molar-refractivity contribution in [2.45, 2.75) is 56.5 Å². The minimum atomic E-state index is 0.659. The average Bonchev–Trinajstić information content (AvgIpc) is 2.91. The van der Waals surface area contributed by atoms with Gasteiger partial charge in [0, 0.05) is 35.3 Å². The van der Waals surface area contributed by atoms with Crippen LogP contribution in [0.5, 0.6) is 0 Å². The summed E-state index contributed by atoms with van der Waals surface area (Å²) < 4.78 is 0. The molecule has 3 rings (SSSR count). The van der Waals surface area contributed by atoms with E-state index in [9.17, 15) is 0 Å². The zero-order valence-electron chi connectivity index (χ0n) is 12.5. The molecule has 1 aliphatic heterocycles. The number of nitrogens with two attached hydrogens (primary N) is 1.